The molecule has 1 aromatic rings. The van der Waals surface area contributed by atoms with E-state index < -0.39 is 10.0 Å². The van der Waals surface area contributed by atoms with Crippen LogP contribution in [0.4, 0.5) is 0 Å². The van der Waals surface area contributed by atoms with Crippen molar-refractivity contribution in [1.82, 2.24) is 9.62 Å². The van der Waals surface area contributed by atoms with E-state index in [9.17, 15) is 8.42 Å². The molecule has 118 valence electrons. The zero-order chi connectivity index (χ0) is 15.5. The molecule has 1 N–H and O–H groups in total. The van der Waals surface area contributed by atoms with Crippen LogP contribution >= 0.6 is 0 Å². The van der Waals surface area contributed by atoms with Gasteiger partial charge < -0.3 is 5.32 Å². The van der Waals surface area contributed by atoms with Gasteiger partial charge in [-0.3, -0.25) is 0 Å². The molecule has 1 saturated carbocycles. The number of nitrogens with one attached hydrogen (secondary N) is 1. The summed E-state index contributed by atoms with van der Waals surface area (Å²) >= 11 is 0. The second kappa shape index (κ2) is 6.90. The minimum Gasteiger partial charge on any atom is -0.313 e. The van der Waals surface area contributed by atoms with Crippen LogP contribution in [0, 0.1) is 6.92 Å². The topological polar surface area (TPSA) is 49.4 Å². The van der Waals surface area contributed by atoms with Crippen molar-refractivity contribution in [2.45, 2.75) is 57.5 Å². The highest BCUT2D eigenvalue weighted by Crippen LogP contribution is 2.32. The van der Waals surface area contributed by atoms with Gasteiger partial charge in [0.2, 0.25) is 10.0 Å². The summed E-state index contributed by atoms with van der Waals surface area (Å²) in [5.41, 5.74) is 1.85. The van der Waals surface area contributed by atoms with Crippen LogP contribution in [0.3, 0.4) is 0 Å². The van der Waals surface area contributed by atoms with E-state index >= 15 is 0 Å². The lowest BCUT2D eigenvalue weighted by Crippen LogP contribution is -2.33. The van der Waals surface area contributed by atoms with Gasteiger partial charge in [-0.15, -0.1) is 0 Å². The van der Waals surface area contributed by atoms with Crippen molar-refractivity contribution < 1.29 is 8.42 Å². The molecule has 0 spiro atoms. The number of sulfonamides is 1. The van der Waals surface area contributed by atoms with Crippen LogP contribution in [0.5, 0.6) is 0 Å². The monoisotopic (exact) mass is 310 g/mol. The summed E-state index contributed by atoms with van der Waals surface area (Å²) in [4.78, 5) is 0.465. The summed E-state index contributed by atoms with van der Waals surface area (Å²) in [5.74, 6) is 0. The third-order valence-corrected chi connectivity index (χ3v) is 6.03. The van der Waals surface area contributed by atoms with E-state index in [2.05, 4.69) is 12.2 Å². The number of rotatable bonds is 8. The van der Waals surface area contributed by atoms with Gasteiger partial charge in [0.25, 0.3) is 0 Å². The number of benzene rings is 1. The van der Waals surface area contributed by atoms with E-state index in [-0.39, 0.29) is 6.04 Å². The number of nitrogens with zero attached hydrogens (tertiary/aromatic N) is 1. The van der Waals surface area contributed by atoms with E-state index in [0.29, 0.717) is 18.0 Å². The Morgan fingerprint density at radius 1 is 1.29 bits per heavy atom. The molecule has 0 unspecified atom stereocenters. The summed E-state index contributed by atoms with van der Waals surface area (Å²) < 4.78 is 27.4. The van der Waals surface area contributed by atoms with Crippen LogP contribution in [-0.4, -0.2) is 31.9 Å². The van der Waals surface area contributed by atoms with Crippen molar-refractivity contribution in [3.63, 3.8) is 0 Å². The first-order chi connectivity index (χ1) is 10.0. The zero-order valence-electron chi connectivity index (χ0n) is 13.2. The molecule has 0 aliphatic heterocycles. The summed E-state index contributed by atoms with van der Waals surface area (Å²) in [7, 11) is -3.37. The van der Waals surface area contributed by atoms with Gasteiger partial charge in [0.1, 0.15) is 0 Å². The predicted octanol–water partition coefficient (Wildman–Crippen LogP) is 2.67. The Morgan fingerprint density at radius 3 is 2.57 bits per heavy atom. The van der Waals surface area contributed by atoms with Crippen molar-refractivity contribution in [3.05, 3.63) is 29.3 Å². The van der Waals surface area contributed by atoms with Crippen molar-refractivity contribution in [2.24, 2.45) is 0 Å². The standard InChI is InChI=1S/C16H26N2O2S/c1-4-10-17-12-14-7-6-13(3)16(11-14)21(19,20)18(5-2)15-8-9-15/h6-7,11,15,17H,4-5,8-10,12H2,1-3H3. The Hall–Kier alpha value is -0.910. The van der Waals surface area contributed by atoms with E-state index in [1.165, 1.54) is 0 Å². The van der Waals surface area contributed by atoms with Crippen LogP contribution < -0.4 is 5.32 Å². The molecule has 0 heterocycles. The smallest absolute Gasteiger partial charge is 0.243 e. The Morgan fingerprint density at radius 2 is 2.00 bits per heavy atom. The molecule has 1 aliphatic rings. The molecule has 2 rings (SSSR count). The van der Waals surface area contributed by atoms with Crippen molar-refractivity contribution >= 4 is 10.0 Å². The SMILES string of the molecule is CCCNCc1ccc(C)c(S(=O)(=O)N(CC)C2CC2)c1. The molecule has 0 aromatic heterocycles. The molecule has 1 aromatic carbocycles. The highest BCUT2D eigenvalue weighted by atomic mass is 32.2. The maximum absolute atomic E-state index is 12.9. The highest BCUT2D eigenvalue weighted by Gasteiger charge is 2.37. The van der Waals surface area contributed by atoms with E-state index in [1.807, 2.05) is 32.0 Å². The highest BCUT2D eigenvalue weighted by molar-refractivity contribution is 7.89. The maximum Gasteiger partial charge on any atom is 0.243 e. The molecule has 0 atom stereocenters. The Kier molecular flexibility index (Phi) is 5.41. The van der Waals surface area contributed by atoms with Gasteiger partial charge in [-0.25, -0.2) is 8.42 Å². The molecule has 1 aliphatic carbocycles. The van der Waals surface area contributed by atoms with Gasteiger partial charge in [-0.05, 0) is 49.9 Å². The van der Waals surface area contributed by atoms with Crippen LogP contribution in [0.2, 0.25) is 0 Å². The molecule has 0 saturated heterocycles. The normalized spacial score (nSPS) is 15.6. The van der Waals surface area contributed by atoms with Crippen molar-refractivity contribution in [1.29, 1.82) is 0 Å². The van der Waals surface area contributed by atoms with E-state index in [1.54, 1.807) is 4.31 Å². The zero-order valence-corrected chi connectivity index (χ0v) is 14.0. The molecular formula is C16H26N2O2S. The van der Waals surface area contributed by atoms with E-state index in [0.717, 1.165) is 36.9 Å². The first kappa shape index (κ1) is 16.5. The number of hydrogen-bond acceptors (Lipinski definition) is 3. The Balaban J connectivity index is 2.26. The maximum atomic E-state index is 12.9. The number of aryl methyl sites for hydroxylation is 1. The molecular weight excluding hydrogens is 284 g/mol. The summed E-state index contributed by atoms with van der Waals surface area (Å²) in [5, 5.41) is 3.32. The molecule has 4 nitrogen and oxygen atoms in total. The lowest BCUT2D eigenvalue weighted by atomic mass is 10.1. The lowest BCUT2D eigenvalue weighted by Gasteiger charge is -2.21. The van der Waals surface area contributed by atoms with Crippen molar-refractivity contribution in [3.8, 4) is 0 Å². The molecule has 1 fully saturated rings. The van der Waals surface area contributed by atoms with Gasteiger partial charge in [-0.2, -0.15) is 4.31 Å². The molecule has 0 bridgehead atoms. The molecule has 0 amide bonds. The fourth-order valence-electron chi connectivity index (χ4n) is 2.56. The number of hydrogen-bond donors (Lipinski definition) is 1. The second-order valence-corrected chi connectivity index (χ2v) is 7.58. The summed E-state index contributed by atoms with van der Waals surface area (Å²) in [6.07, 6.45) is 3.05. The summed E-state index contributed by atoms with van der Waals surface area (Å²) in [6, 6.07) is 5.96. The minimum absolute atomic E-state index is 0.210. The minimum atomic E-state index is -3.37. The average Bonchev–Trinajstić information content (AvgIpc) is 3.26. The predicted molar refractivity (Wildman–Crippen MR) is 85.8 cm³/mol. The van der Waals surface area contributed by atoms with Crippen LogP contribution in [0.25, 0.3) is 0 Å². The summed E-state index contributed by atoms with van der Waals surface area (Å²) in [6.45, 7) is 8.11. The average molecular weight is 310 g/mol. The largest absolute Gasteiger partial charge is 0.313 e. The van der Waals surface area contributed by atoms with E-state index in [4.69, 9.17) is 0 Å². The Bertz CT molecular complexity index is 580. The Labute approximate surface area is 128 Å². The third-order valence-electron chi connectivity index (χ3n) is 3.86. The van der Waals surface area contributed by atoms with Crippen molar-refractivity contribution in [2.75, 3.05) is 13.1 Å². The van der Waals surface area contributed by atoms with Gasteiger partial charge in [-0.1, -0.05) is 26.0 Å². The lowest BCUT2D eigenvalue weighted by molar-refractivity contribution is 0.420. The first-order valence-electron chi connectivity index (χ1n) is 7.82. The van der Waals surface area contributed by atoms with Gasteiger partial charge in [0, 0.05) is 19.1 Å². The second-order valence-electron chi connectivity index (χ2n) is 5.72. The molecule has 5 heteroatoms. The van der Waals surface area contributed by atoms with Crippen LogP contribution in [0.15, 0.2) is 23.1 Å². The van der Waals surface area contributed by atoms with Gasteiger partial charge in [0.05, 0.1) is 4.90 Å². The van der Waals surface area contributed by atoms with Gasteiger partial charge >= 0.3 is 0 Å². The quantitative estimate of drug-likeness (QED) is 0.751. The fourth-order valence-corrected chi connectivity index (χ4v) is 4.53. The molecule has 21 heavy (non-hydrogen) atoms. The third kappa shape index (κ3) is 3.84. The van der Waals surface area contributed by atoms with Crippen LogP contribution in [-0.2, 0) is 16.6 Å². The fraction of sp³-hybridized carbons (Fsp3) is 0.625. The molecule has 0 radical (unpaired) electrons. The van der Waals surface area contributed by atoms with Gasteiger partial charge in [0.15, 0.2) is 0 Å². The first-order valence-corrected chi connectivity index (χ1v) is 9.26. The van der Waals surface area contributed by atoms with Crippen LogP contribution in [0.1, 0.15) is 44.2 Å².